The molecule has 106 valence electrons. The molecule has 2 unspecified atom stereocenters. The fourth-order valence-electron chi connectivity index (χ4n) is 2.13. The zero-order chi connectivity index (χ0) is 14.0. The maximum atomic E-state index is 11.0. The van der Waals surface area contributed by atoms with Gasteiger partial charge in [-0.1, -0.05) is 39.5 Å². The molecule has 2 N–H and O–H groups in total. The van der Waals surface area contributed by atoms with Crippen LogP contribution in [0.1, 0.15) is 65.2 Å². The molecule has 0 spiro atoms. The second kappa shape index (κ2) is 9.92. The van der Waals surface area contributed by atoms with Crippen LogP contribution < -0.4 is 0 Å². The van der Waals surface area contributed by atoms with Crippen molar-refractivity contribution in [3.63, 3.8) is 0 Å². The molecule has 18 heavy (non-hydrogen) atoms. The highest BCUT2D eigenvalue weighted by molar-refractivity contribution is 5.70. The van der Waals surface area contributed by atoms with Gasteiger partial charge in [-0.15, -0.1) is 0 Å². The smallest absolute Gasteiger partial charge is 0.306 e. The summed E-state index contributed by atoms with van der Waals surface area (Å²) in [5, 5.41) is 17.9. The minimum atomic E-state index is -0.738. The molecular weight excluding hydrogens is 232 g/mol. The quantitative estimate of drug-likeness (QED) is 0.556. The van der Waals surface area contributed by atoms with Crippen molar-refractivity contribution in [3.8, 4) is 0 Å². The average molecular weight is 258 g/mol. The van der Waals surface area contributed by atoms with Crippen molar-refractivity contribution < 1.29 is 19.8 Å². The zero-order valence-electron chi connectivity index (χ0n) is 11.5. The lowest BCUT2D eigenvalue weighted by atomic mass is 9.93. The van der Waals surface area contributed by atoms with Crippen LogP contribution in [0, 0.1) is 11.8 Å². The summed E-state index contributed by atoms with van der Waals surface area (Å²) in [6.07, 6.45) is 6.29. The second-order valence-corrected chi connectivity index (χ2v) is 4.91. The fourth-order valence-corrected chi connectivity index (χ4v) is 2.13. The highest BCUT2D eigenvalue weighted by Crippen LogP contribution is 2.19. The summed E-state index contributed by atoms with van der Waals surface area (Å²) in [5.74, 6) is -1.98. The van der Waals surface area contributed by atoms with Crippen LogP contribution in [0.2, 0.25) is 0 Å². The Morgan fingerprint density at radius 1 is 0.833 bits per heavy atom. The number of carboxylic acid groups (broad SMARTS) is 2. The van der Waals surface area contributed by atoms with E-state index in [1.165, 1.54) is 0 Å². The van der Waals surface area contributed by atoms with Crippen LogP contribution >= 0.6 is 0 Å². The van der Waals surface area contributed by atoms with Crippen LogP contribution in [0.4, 0.5) is 0 Å². The molecule has 0 saturated carbocycles. The third-order valence-electron chi connectivity index (χ3n) is 3.45. The molecule has 0 aromatic heterocycles. The third kappa shape index (κ3) is 7.30. The Hall–Kier alpha value is -1.06. The predicted molar refractivity (Wildman–Crippen MR) is 70.5 cm³/mol. The first kappa shape index (κ1) is 16.9. The van der Waals surface area contributed by atoms with E-state index in [0.717, 1.165) is 32.1 Å². The van der Waals surface area contributed by atoms with Gasteiger partial charge in [-0.3, -0.25) is 9.59 Å². The summed E-state index contributed by atoms with van der Waals surface area (Å²) in [6.45, 7) is 3.93. The minimum absolute atomic E-state index is 0.255. The Morgan fingerprint density at radius 3 is 1.67 bits per heavy atom. The molecule has 0 heterocycles. The standard InChI is InChI=1S/C14H26O4/c1-3-5-8-12(14(17)18)10-7-6-9-11(4-2)13(15)16/h11-12H,3-10H2,1-2H3,(H,15,16)(H,17,18). The van der Waals surface area contributed by atoms with E-state index in [1.54, 1.807) is 0 Å². The number of unbranched alkanes of at least 4 members (excludes halogenated alkanes) is 2. The van der Waals surface area contributed by atoms with Crippen LogP contribution in [0.5, 0.6) is 0 Å². The number of hydrogen-bond donors (Lipinski definition) is 2. The van der Waals surface area contributed by atoms with E-state index in [4.69, 9.17) is 10.2 Å². The van der Waals surface area contributed by atoms with Crippen LogP contribution in [0.25, 0.3) is 0 Å². The molecule has 0 aliphatic rings. The molecule has 4 nitrogen and oxygen atoms in total. The van der Waals surface area contributed by atoms with E-state index in [9.17, 15) is 9.59 Å². The molecule has 0 rings (SSSR count). The van der Waals surface area contributed by atoms with Gasteiger partial charge in [-0.25, -0.2) is 0 Å². The zero-order valence-corrected chi connectivity index (χ0v) is 11.5. The van der Waals surface area contributed by atoms with Crippen molar-refractivity contribution in [1.29, 1.82) is 0 Å². The molecule has 0 fully saturated rings. The summed E-state index contributed by atoms with van der Waals surface area (Å²) in [5.41, 5.74) is 0. The lowest BCUT2D eigenvalue weighted by molar-refractivity contribution is -0.143. The molecule has 2 atom stereocenters. The Bertz CT molecular complexity index is 250. The van der Waals surface area contributed by atoms with Crippen molar-refractivity contribution in [2.75, 3.05) is 0 Å². The summed E-state index contributed by atoms with van der Waals surface area (Å²) in [4.78, 5) is 21.8. The molecule has 0 radical (unpaired) electrons. The molecule has 0 amide bonds. The fraction of sp³-hybridized carbons (Fsp3) is 0.857. The first-order valence-electron chi connectivity index (χ1n) is 6.98. The van der Waals surface area contributed by atoms with Crippen LogP contribution in [0.15, 0.2) is 0 Å². The lowest BCUT2D eigenvalue weighted by Gasteiger charge is -2.13. The average Bonchev–Trinajstić information content (AvgIpc) is 2.31. The molecule has 0 aromatic rings. The van der Waals surface area contributed by atoms with Gasteiger partial charge in [0, 0.05) is 0 Å². The normalized spacial score (nSPS) is 14.1. The van der Waals surface area contributed by atoms with E-state index in [1.807, 2.05) is 6.92 Å². The van der Waals surface area contributed by atoms with Gasteiger partial charge >= 0.3 is 11.9 Å². The van der Waals surface area contributed by atoms with Gasteiger partial charge < -0.3 is 10.2 Å². The Balaban J connectivity index is 3.85. The van der Waals surface area contributed by atoms with Crippen molar-refractivity contribution in [1.82, 2.24) is 0 Å². The SMILES string of the molecule is CCCCC(CCCCC(CC)C(=O)O)C(=O)O. The minimum Gasteiger partial charge on any atom is -0.481 e. The van der Waals surface area contributed by atoms with Gasteiger partial charge in [0.15, 0.2) is 0 Å². The molecule has 0 aliphatic carbocycles. The van der Waals surface area contributed by atoms with E-state index in [-0.39, 0.29) is 11.8 Å². The van der Waals surface area contributed by atoms with E-state index >= 15 is 0 Å². The molecule has 0 saturated heterocycles. The van der Waals surface area contributed by atoms with Crippen molar-refractivity contribution in [2.45, 2.75) is 65.2 Å². The number of carboxylic acids is 2. The van der Waals surface area contributed by atoms with Gasteiger partial charge in [-0.05, 0) is 25.7 Å². The number of hydrogen-bond acceptors (Lipinski definition) is 2. The monoisotopic (exact) mass is 258 g/mol. The molecule has 0 aromatic carbocycles. The summed E-state index contributed by atoms with van der Waals surface area (Å²) < 4.78 is 0. The second-order valence-electron chi connectivity index (χ2n) is 4.91. The Morgan fingerprint density at radius 2 is 1.28 bits per heavy atom. The first-order chi connectivity index (χ1) is 8.52. The number of rotatable bonds is 11. The highest BCUT2D eigenvalue weighted by atomic mass is 16.4. The molecule has 0 bridgehead atoms. The summed E-state index contributed by atoms with van der Waals surface area (Å²) in [6, 6.07) is 0. The maximum absolute atomic E-state index is 11.0. The van der Waals surface area contributed by atoms with Crippen LogP contribution in [-0.2, 0) is 9.59 Å². The van der Waals surface area contributed by atoms with Gasteiger partial charge in [0.1, 0.15) is 0 Å². The predicted octanol–water partition coefficient (Wildman–Crippen LogP) is 3.55. The number of carbonyl (C=O) groups is 2. The first-order valence-corrected chi connectivity index (χ1v) is 6.98. The van der Waals surface area contributed by atoms with Crippen molar-refractivity contribution >= 4 is 11.9 Å². The molecular formula is C14H26O4. The molecule has 4 heteroatoms. The number of aliphatic carboxylic acids is 2. The van der Waals surface area contributed by atoms with Gasteiger partial charge in [0.05, 0.1) is 11.8 Å². The lowest BCUT2D eigenvalue weighted by Crippen LogP contribution is -2.15. The van der Waals surface area contributed by atoms with Crippen molar-refractivity contribution in [3.05, 3.63) is 0 Å². The Labute approximate surface area is 109 Å². The highest BCUT2D eigenvalue weighted by Gasteiger charge is 2.18. The van der Waals surface area contributed by atoms with Gasteiger partial charge in [0.25, 0.3) is 0 Å². The summed E-state index contributed by atoms with van der Waals surface area (Å²) in [7, 11) is 0. The van der Waals surface area contributed by atoms with Gasteiger partial charge in [0.2, 0.25) is 0 Å². The topological polar surface area (TPSA) is 74.6 Å². The van der Waals surface area contributed by atoms with Crippen molar-refractivity contribution in [2.24, 2.45) is 11.8 Å². The van der Waals surface area contributed by atoms with E-state index < -0.39 is 11.9 Å². The van der Waals surface area contributed by atoms with Crippen LogP contribution in [-0.4, -0.2) is 22.2 Å². The maximum Gasteiger partial charge on any atom is 0.306 e. The molecule has 0 aliphatic heterocycles. The largest absolute Gasteiger partial charge is 0.481 e. The van der Waals surface area contributed by atoms with Gasteiger partial charge in [-0.2, -0.15) is 0 Å². The Kier molecular flexibility index (Phi) is 9.33. The summed E-state index contributed by atoms with van der Waals surface area (Å²) >= 11 is 0. The van der Waals surface area contributed by atoms with E-state index in [2.05, 4.69) is 6.92 Å². The van der Waals surface area contributed by atoms with E-state index in [0.29, 0.717) is 19.3 Å². The third-order valence-corrected chi connectivity index (χ3v) is 3.45. The van der Waals surface area contributed by atoms with Crippen LogP contribution in [0.3, 0.4) is 0 Å².